The number of ether oxygens (including phenoxy) is 2. The van der Waals surface area contributed by atoms with Gasteiger partial charge in [-0.15, -0.1) is 0 Å². The number of aromatic nitrogens is 1. The number of fused-ring (bicyclic) bond motifs is 2. The first-order chi connectivity index (χ1) is 14.6. The van der Waals surface area contributed by atoms with Crippen LogP contribution in [-0.2, 0) is 11.3 Å². The molecule has 5 nitrogen and oxygen atoms in total. The second kappa shape index (κ2) is 9.12. The van der Waals surface area contributed by atoms with Gasteiger partial charge in [0.2, 0.25) is 0 Å². The van der Waals surface area contributed by atoms with Crippen LogP contribution in [0, 0.1) is 0 Å². The number of benzene rings is 3. The maximum Gasteiger partial charge on any atom is 0.284 e. The molecule has 0 aliphatic carbocycles. The molecule has 0 N–H and O–H groups in total. The highest BCUT2D eigenvalue weighted by Crippen LogP contribution is 2.29. The predicted molar refractivity (Wildman–Crippen MR) is 124 cm³/mol. The molecule has 7 heteroatoms. The number of carbonyl (C=O) groups is 1. The van der Waals surface area contributed by atoms with Crippen LogP contribution in [0.5, 0.6) is 5.75 Å². The first kappa shape index (κ1) is 20.8. The predicted octanol–water partition coefficient (Wildman–Crippen LogP) is 5.40. The Bertz CT molecular complexity index is 1290. The molecule has 0 unspecified atom stereocenters. The number of amides is 1. The van der Waals surface area contributed by atoms with Gasteiger partial charge in [-0.25, -0.2) is 0 Å². The number of methoxy groups -OCH3 is 1. The zero-order chi connectivity index (χ0) is 21.1. The summed E-state index contributed by atoms with van der Waals surface area (Å²) in [6, 6.07) is 17.7. The molecule has 0 fully saturated rings. The Morgan fingerprint density at radius 2 is 2.00 bits per heavy atom. The maximum atomic E-state index is 13.4. The summed E-state index contributed by atoms with van der Waals surface area (Å²) in [5.74, 6) is 0.240. The molecular weight excluding hydrogens is 464 g/mol. The van der Waals surface area contributed by atoms with E-state index in [0.29, 0.717) is 35.9 Å². The standard InChI is InChI=1S/C23H21BrN2O3S/c1-3-29-19-11-8-15-6-4-5-7-17(15)21(19)22(27)25-23-26(12-13-28-2)18-10-9-16(24)14-20(18)30-23/h4-11,14H,3,12-13H2,1-2H3. The average molecular weight is 485 g/mol. The molecule has 1 aromatic heterocycles. The van der Waals surface area contributed by atoms with Gasteiger partial charge in [-0.3, -0.25) is 4.79 Å². The molecule has 3 aromatic carbocycles. The fraction of sp³-hybridized carbons (Fsp3) is 0.217. The van der Waals surface area contributed by atoms with Crippen LogP contribution in [0.2, 0.25) is 0 Å². The molecule has 1 amide bonds. The quantitative estimate of drug-likeness (QED) is 0.367. The number of thiazole rings is 1. The number of hydrogen-bond acceptors (Lipinski definition) is 4. The molecule has 0 aliphatic heterocycles. The second-order valence-electron chi connectivity index (χ2n) is 6.65. The van der Waals surface area contributed by atoms with Gasteiger partial charge in [-0.1, -0.05) is 57.6 Å². The van der Waals surface area contributed by atoms with E-state index in [9.17, 15) is 4.79 Å². The average Bonchev–Trinajstić information content (AvgIpc) is 3.07. The molecule has 30 heavy (non-hydrogen) atoms. The van der Waals surface area contributed by atoms with Gasteiger partial charge < -0.3 is 14.0 Å². The summed E-state index contributed by atoms with van der Waals surface area (Å²) >= 11 is 5.00. The lowest BCUT2D eigenvalue weighted by Gasteiger charge is -2.11. The minimum Gasteiger partial charge on any atom is -0.493 e. The number of halogens is 1. The number of rotatable bonds is 6. The summed E-state index contributed by atoms with van der Waals surface area (Å²) < 4.78 is 15.1. The first-order valence-electron chi connectivity index (χ1n) is 9.63. The highest BCUT2D eigenvalue weighted by atomic mass is 79.9. The Morgan fingerprint density at radius 1 is 1.17 bits per heavy atom. The van der Waals surface area contributed by atoms with E-state index < -0.39 is 0 Å². The number of nitrogens with zero attached hydrogens (tertiary/aromatic N) is 2. The highest BCUT2D eigenvalue weighted by molar-refractivity contribution is 9.10. The Morgan fingerprint density at radius 3 is 2.80 bits per heavy atom. The first-order valence-corrected chi connectivity index (χ1v) is 11.2. The summed E-state index contributed by atoms with van der Waals surface area (Å²) in [7, 11) is 1.66. The van der Waals surface area contributed by atoms with E-state index in [2.05, 4.69) is 20.9 Å². The van der Waals surface area contributed by atoms with Crippen LogP contribution >= 0.6 is 27.3 Å². The van der Waals surface area contributed by atoms with E-state index in [0.717, 1.165) is 25.5 Å². The van der Waals surface area contributed by atoms with Crippen molar-refractivity contribution < 1.29 is 14.3 Å². The van der Waals surface area contributed by atoms with E-state index in [4.69, 9.17) is 9.47 Å². The fourth-order valence-electron chi connectivity index (χ4n) is 3.42. The number of carbonyl (C=O) groups excluding carboxylic acids is 1. The van der Waals surface area contributed by atoms with Crippen LogP contribution in [0.25, 0.3) is 21.0 Å². The molecule has 0 spiro atoms. The number of hydrogen-bond donors (Lipinski definition) is 0. The van der Waals surface area contributed by atoms with Crippen molar-refractivity contribution in [2.75, 3.05) is 20.3 Å². The summed E-state index contributed by atoms with van der Waals surface area (Å²) in [4.78, 5) is 18.6. The van der Waals surface area contributed by atoms with Crippen LogP contribution in [0.15, 0.2) is 64.1 Å². The summed E-state index contributed by atoms with van der Waals surface area (Å²) in [6.07, 6.45) is 0. The third-order valence-electron chi connectivity index (χ3n) is 4.77. The third kappa shape index (κ3) is 4.05. The van der Waals surface area contributed by atoms with Crippen LogP contribution in [0.1, 0.15) is 17.3 Å². The van der Waals surface area contributed by atoms with Gasteiger partial charge in [0.25, 0.3) is 5.91 Å². The van der Waals surface area contributed by atoms with Gasteiger partial charge in [0.1, 0.15) is 5.75 Å². The SMILES string of the molecule is CCOc1ccc2ccccc2c1C(=O)N=c1sc2cc(Br)ccc2n1CCOC. The third-order valence-corrected chi connectivity index (χ3v) is 6.30. The van der Waals surface area contributed by atoms with Gasteiger partial charge in [0.15, 0.2) is 4.80 Å². The van der Waals surface area contributed by atoms with Gasteiger partial charge in [-0.05, 0) is 42.0 Å². The van der Waals surface area contributed by atoms with Crippen LogP contribution in [0.4, 0.5) is 0 Å². The van der Waals surface area contributed by atoms with Crippen molar-refractivity contribution in [1.82, 2.24) is 4.57 Å². The van der Waals surface area contributed by atoms with E-state index in [-0.39, 0.29) is 5.91 Å². The van der Waals surface area contributed by atoms with Crippen LogP contribution in [0.3, 0.4) is 0 Å². The van der Waals surface area contributed by atoms with Crippen molar-refractivity contribution in [3.05, 3.63) is 69.4 Å². The van der Waals surface area contributed by atoms with Gasteiger partial charge in [0, 0.05) is 18.1 Å². The lowest BCUT2D eigenvalue weighted by molar-refractivity contribution is 0.0995. The molecule has 4 aromatic rings. The lowest BCUT2D eigenvalue weighted by Crippen LogP contribution is -2.19. The monoisotopic (exact) mass is 484 g/mol. The molecule has 0 atom stereocenters. The molecule has 1 heterocycles. The van der Waals surface area contributed by atoms with Gasteiger partial charge >= 0.3 is 0 Å². The summed E-state index contributed by atoms with van der Waals surface area (Å²) in [6.45, 7) is 3.52. The van der Waals surface area contributed by atoms with Crippen LogP contribution < -0.4 is 9.54 Å². The van der Waals surface area contributed by atoms with E-state index in [1.807, 2.05) is 66.1 Å². The fourth-order valence-corrected chi connectivity index (χ4v) is 5.03. The van der Waals surface area contributed by atoms with Crippen LogP contribution in [-0.4, -0.2) is 30.8 Å². The molecule has 4 rings (SSSR count). The Balaban J connectivity index is 1.91. The molecule has 0 saturated heterocycles. The highest BCUT2D eigenvalue weighted by Gasteiger charge is 2.17. The van der Waals surface area contributed by atoms with Crippen molar-refractivity contribution in [2.45, 2.75) is 13.5 Å². The van der Waals surface area contributed by atoms with E-state index in [1.54, 1.807) is 7.11 Å². The minimum absolute atomic E-state index is 0.313. The van der Waals surface area contributed by atoms with Crippen molar-refractivity contribution >= 4 is 54.2 Å². The zero-order valence-electron chi connectivity index (χ0n) is 16.7. The topological polar surface area (TPSA) is 52.8 Å². The normalized spacial score (nSPS) is 12.0. The minimum atomic E-state index is -0.313. The Labute approximate surface area is 186 Å². The Kier molecular flexibility index (Phi) is 6.32. The second-order valence-corrected chi connectivity index (χ2v) is 8.58. The largest absolute Gasteiger partial charge is 0.493 e. The molecule has 0 bridgehead atoms. The van der Waals surface area contributed by atoms with Gasteiger partial charge in [-0.2, -0.15) is 4.99 Å². The summed E-state index contributed by atoms with van der Waals surface area (Å²) in [5, 5.41) is 1.82. The van der Waals surface area contributed by atoms with Crippen molar-refractivity contribution in [2.24, 2.45) is 4.99 Å². The Hall–Kier alpha value is -2.48. The van der Waals surface area contributed by atoms with Gasteiger partial charge in [0.05, 0.1) is 29.0 Å². The van der Waals surface area contributed by atoms with Crippen molar-refractivity contribution in [3.63, 3.8) is 0 Å². The molecule has 0 aliphatic rings. The molecule has 0 saturated carbocycles. The zero-order valence-corrected chi connectivity index (χ0v) is 19.1. The van der Waals surface area contributed by atoms with E-state index in [1.165, 1.54) is 11.3 Å². The molecular formula is C23H21BrN2O3S. The smallest absolute Gasteiger partial charge is 0.284 e. The summed E-state index contributed by atoms with van der Waals surface area (Å²) in [5.41, 5.74) is 1.52. The molecule has 154 valence electrons. The van der Waals surface area contributed by atoms with Crippen molar-refractivity contribution in [1.29, 1.82) is 0 Å². The maximum absolute atomic E-state index is 13.4. The molecule has 0 radical (unpaired) electrons. The van der Waals surface area contributed by atoms with Crippen molar-refractivity contribution in [3.8, 4) is 5.75 Å². The lowest BCUT2D eigenvalue weighted by atomic mass is 10.0. The van der Waals surface area contributed by atoms with E-state index >= 15 is 0 Å².